The van der Waals surface area contributed by atoms with Gasteiger partial charge >= 0.3 is 0 Å². The van der Waals surface area contributed by atoms with Gasteiger partial charge in [-0.1, -0.05) is 52.3 Å². The molecule has 1 N–H and O–H groups in total. The summed E-state index contributed by atoms with van der Waals surface area (Å²) in [5.41, 5.74) is 2.97. The van der Waals surface area contributed by atoms with E-state index in [-0.39, 0.29) is 18.0 Å². The van der Waals surface area contributed by atoms with Crippen molar-refractivity contribution in [1.29, 1.82) is 0 Å². The number of hydrogen-bond donors (Lipinski definition) is 1. The fraction of sp³-hybridized carbons (Fsp3) is 0.192. The zero-order valence-corrected chi connectivity index (χ0v) is 20.4. The van der Waals surface area contributed by atoms with E-state index in [4.69, 9.17) is 9.47 Å². The first-order valence-electron chi connectivity index (χ1n) is 10.7. The lowest BCUT2D eigenvalue weighted by atomic mass is 10.1. The largest absolute Gasteiger partial charge is 0.493 e. The second-order valence-corrected chi connectivity index (χ2v) is 8.60. The Morgan fingerprint density at radius 1 is 0.971 bits per heavy atom. The third-order valence-corrected chi connectivity index (χ3v) is 6.00. The van der Waals surface area contributed by atoms with Crippen LogP contribution in [0.5, 0.6) is 17.4 Å². The van der Waals surface area contributed by atoms with E-state index in [1.165, 1.54) is 7.11 Å². The van der Waals surface area contributed by atoms with Crippen molar-refractivity contribution in [1.82, 2.24) is 4.57 Å². The Morgan fingerprint density at radius 3 is 2.47 bits per heavy atom. The van der Waals surface area contributed by atoms with Gasteiger partial charge in [0.2, 0.25) is 5.88 Å². The van der Waals surface area contributed by atoms with Crippen molar-refractivity contribution in [3.05, 3.63) is 82.3 Å². The third-order valence-electron chi connectivity index (χ3n) is 5.50. The Labute approximate surface area is 205 Å². The van der Waals surface area contributed by atoms with E-state index in [1.54, 1.807) is 29.9 Å². The summed E-state index contributed by atoms with van der Waals surface area (Å²) in [6.45, 7) is 0.559. The van der Waals surface area contributed by atoms with E-state index < -0.39 is 5.91 Å². The highest BCUT2D eigenvalue weighted by molar-refractivity contribution is 9.10. The van der Waals surface area contributed by atoms with E-state index in [2.05, 4.69) is 26.2 Å². The molecule has 0 radical (unpaired) electrons. The van der Waals surface area contributed by atoms with Crippen molar-refractivity contribution in [2.24, 2.45) is 10.2 Å². The van der Waals surface area contributed by atoms with Crippen LogP contribution in [0.4, 0.5) is 5.69 Å². The van der Waals surface area contributed by atoms with E-state index in [0.717, 1.165) is 27.5 Å². The highest BCUT2D eigenvalue weighted by atomic mass is 79.9. The van der Waals surface area contributed by atoms with Crippen LogP contribution in [0.2, 0.25) is 0 Å². The molecular weight excluding hydrogens is 498 g/mol. The van der Waals surface area contributed by atoms with Gasteiger partial charge in [-0.2, -0.15) is 0 Å². The summed E-state index contributed by atoms with van der Waals surface area (Å²) in [4.78, 5) is 12.5. The quantitative estimate of drug-likeness (QED) is 0.279. The Kier molecular flexibility index (Phi) is 7.27. The van der Waals surface area contributed by atoms with Crippen LogP contribution in [-0.2, 0) is 24.2 Å². The van der Waals surface area contributed by atoms with Gasteiger partial charge in [-0.25, -0.2) is 0 Å². The molecule has 0 aliphatic rings. The maximum atomic E-state index is 12.5. The molecule has 1 heterocycles. The number of azo groups is 1. The zero-order valence-electron chi connectivity index (χ0n) is 18.9. The highest BCUT2D eigenvalue weighted by Gasteiger charge is 2.18. The number of aromatic hydroxyl groups is 1. The Bertz CT molecular complexity index is 1350. The Morgan fingerprint density at radius 2 is 1.74 bits per heavy atom. The van der Waals surface area contributed by atoms with Crippen LogP contribution in [0, 0.1) is 0 Å². The van der Waals surface area contributed by atoms with Gasteiger partial charge in [-0.05, 0) is 47.9 Å². The Balaban J connectivity index is 1.59. The maximum absolute atomic E-state index is 12.5. The number of hydrogen-bond acceptors (Lipinski definition) is 5. The van der Waals surface area contributed by atoms with Gasteiger partial charge in [0.05, 0.1) is 26.2 Å². The smallest absolute Gasteiger partial charge is 0.269 e. The molecule has 0 saturated carbocycles. The van der Waals surface area contributed by atoms with Crippen LogP contribution in [0.25, 0.3) is 10.9 Å². The van der Waals surface area contributed by atoms with Crippen LogP contribution < -0.4 is 9.47 Å². The van der Waals surface area contributed by atoms with Crippen LogP contribution in [-0.4, -0.2) is 29.8 Å². The summed E-state index contributed by atoms with van der Waals surface area (Å²) in [6.07, 6.45) is 0.782. The van der Waals surface area contributed by atoms with Crippen LogP contribution in [0.3, 0.4) is 0 Å². The van der Waals surface area contributed by atoms with Crippen molar-refractivity contribution in [2.75, 3.05) is 14.2 Å². The molecule has 0 aliphatic heterocycles. The van der Waals surface area contributed by atoms with Crippen molar-refractivity contribution in [3.8, 4) is 17.4 Å². The number of carbonyl (C=O) groups excluding carboxylic acids is 1. The van der Waals surface area contributed by atoms with E-state index in [9.17, 15) is 9.90 Å². The molecule has 34 heavy (non-hydrogen) atoms. The van der Waals surface area contributed by atoms with E-state index in [0.29, 0.717) is 23.4 Å². The number of fused-ring (bicyclic) bond motifs is 1. The standard InChI is InChI=1S/C26H24BrN3O4/c1-33-22-11-8-18(14-23(22)34-2)15-24(31)28-29-25-20-16-19(27)9-10-21(20)30(26(25)32)13-12-17-6-4-3-5-7-17/h3-11,14,16,32H,12-13,15H2,1-2H3. The van der Waals surface area contributed by atoms with Crippen molar-refractivity contribution in [3.63, 3.8) is 0 Å². The molecule has 0 aliphatic carbocycles. The number of nitrogens with zero attached hydrogens (tertiary/aromatic N) is 3. The first-order valence-corrected chi connectivity index (χ1v) is 11.5. The fourth-order valence-corrected chi connectivity index (χ4v) is 4.17. The summed E-state index contributed by atoms with van der Waals surface area (Å²) in [7, 11) is 3.09. The lowest BCUT2D eigenvalue weighted by Crippen LogP contribution is -2.00. The summed E-state index contributed by atoms with van der Waals surface area (Å²) in [6, 6.07) is 21.0. The molecule has 4 aromatic rings. The number of ether oxygens (including phenoxy) is 2. The van der Waals surface area contributed by atoms with Gasteiger partial charge in [0.25, 0.3) is 5.91 Å². The summed E-state index contributed by atoms with van der Waals surface area (Å²) in [5, 5.41) is 19.7. The second-order valence-electron chi connectivity index (χ2n) is 7.68. The maximum Gasteiger partial charge on any atom is 0.269 e. The lowest BCUT2D eigenvalue weighted by Gasteiger charge is -2.08. The summed E-state index contributed by atoms with van der Waals surface area (Å²) in [5.74, 6) is 0.659. The molecule has 0 spiro atoms. The summed E-state index contributed by atoms with van der Waals surface area (Å²) >= 11 is 3.47. The number of carbonyl (C=O) groups is 1. The molecule has 0 fully saturated rings. The molecule has 8 heteroatoms. The molecular formula is C26H24BrN3O4. The minimum atomic E-state index is -0.438. The minimum Gasteiger partial charge on any atom is -0.493 e. The number of benzene rings is 3. The van der Waals surface area contributed by atoms with Gasteiger partial charge in [0.15, 0.2) is 17.2 Å². The Hall–Kier alpha value is -3.65. The van der Waals surface area contributed by atoms with Gasteiger partial charge in [-0.3, -0.25) is 4.79 Å². The third kappa shape index (κ3) is 5.12. The molecule has 0 unspecified atom stereocenters. The SMILES string of the molecule is COc1ccc(CC(=O)N=Nc2c(O)n(CCc3ccccc3)c3ccc(Br)cc23)cc1OC. The highest BCUT2D eigenvalue weighted by Crippen LogP contribution is 2.40. The molecule has 3 aromatic carbocycles. The molecule has 0 atom stereocenters. The molecule has 174 valence electrons. The second kappa shape index (κ2) is 10.5. The molecule has 1 amide bonds. The van der Waals surface area contributed by atoms with Crippen LogP contribution >= 0.6 is 15.9 Å². The zero-order chi connectivity index (χ0) is 24.1. The number of aromatic nitrogens is 1. The first kappa shape index (κ1) is 23.5. The number of amides is 1. The van der Waals surface area contributed by atoms with Gasteiger partial charge < -0.3 is 19.1 Å². The average Bonchev–Trinajstić information content (AvgIpc) is 3.11. The molecule has 7 nitrogen and oxygen atoms in total. The number of rotatable bonds is 8. The molecule has 1 aromatic heterocycles. The monoisotopic (exact) mass is 521 g/mol. The predicted octanol–water partition coefficient (Wildman–Crippen LogP) is 6.22. The van der Waals surface area contributed by atoms with Gasteiger partial charge in [0.1, 0.15) is 0 Å². The molecule has 0 bridgehead atoms. The number of methoxy groups -OCH3 is 2. The van der Waals surface area contributed by atoms with Crippen molar-refractivity contribution >= 4 is 38.4 Å². The predicted molar refractivity (Wildman–Crippen MR) is 134 cm³/mol. The van der Waals surface area contributed by atoms with Crippen LogP contribution in [0.15, 0.2) is 81.4 Å². The first-order chi connectivity index (χ1) is 16.5. The number of aryl methyl sites for hydroxylation is 2. The topological polar surface area (TPSA) is 85.4 Å². The fourth-order valence-electron chi connectivity index (χ4n) is 3.81. The average molecular weight is 522 g/mol. The van der Waals surface area contributed by atoms with Crippen molar-refractivity contribution < 1.29 is 19.4 Å². The van der Waals surface area contributed by atoms with Crippen LogP contribution in [0.1, 0.15) is 11.1 Å². The van der Waals surface area contributed by atoms with E-state index >= 15 is 0 Å². The molecule has 4 rings (SSSR count). The van der Waals surface area contributed by atoms with E-state index in [1.807, 2.05) is 48.5 Å². The normalized spacial score (nSPS) is 11.3. The minimum absolute atomic E-state index is 0.0216. The van der Waals surface area contributed by atoms with Gasteiger partial charge in [-0.15, -0.1) is 10.2 Å². The van der Waals surface area contributed by atoms with Crippen molar-refractivity contribution in [2.45, 2.75) is 19.4 Å². The van der Waals surface area contributed by atoms with Gasteiger partial charge in [0, 0.05) is 16.4 Å². The lowest BCUT2D eigenvalue weighted by molar-refractivity contribution is -0.117. The molecule has 0 saturated heterocycles. The number of halogens is 1. The summed E-state index contributed by atoms with van der Waals surface area (Å²) < 4.78 is 13.2.